The number of amides is 1. The molecule has 1 aliphatic rings. The molecule has 0 saturated heterocycles. The van der Waals surface area contributed by atoms with Gasteiger partial charge in [-0.25, -0.2) is 0 Å². The van der Waals surface area contributed by atoms with Crippen LogP contribution in [0.5, 0.6) is 0 Å². The minimum atomic E-state index is 0.0838. The van der Waals surface area contributed by atoms with Gasteiger partial charge in [0.2, 0.25) is 5.91 Å². The Kier molecular flexibility index (Phi) is 3.49. The van der Waals surface area contributed by atoms with Gasteiger partial charge in [-0.3, -0.25) is 4.79 Å². The summed E-state index contributed by atoms with van der Waals surface area (Å²) < 4.78 is 0. The molecular formula is C8H16N2O2. The third-order valence-corrected chi connectivity index (χ3v) is 2.05. The molecule has 70 valence electrons. The molecule has 0 aromatic rings. The van der Waals surface area contributed by atoms with E-state index in [9.17, 15) is 4.79 Å². The van der Waals surface area contributed by atoms with Gasteiger partial charge in [-0.2, -0.15) is 0 Å². The molecule has 0 atom stereocenters. The van der Waals surface area contributed by atoms with Gasteiger partial charge in [0.15, 0.2) is 0 Å². The zero-order chi connectivity index (χ0) is 8.97. The van der Waals surface area contributed by atoms with Crippen molar-refractivity contribution in [3.8, 4) is 0 Å². The number of aliphatic hydroxyl groups excluding tert-OH is 1. The molecule has 1 aliphatic carbocycles. The van der Waals surface area contributed by atoms with E-state index < -0.39 is 0 Å². The smallest absolute Gasteiger partial charge is 0.236 e. The number of nitrogens with one attached hydrogen (secondary N) is 1. The van der Waals surface area contributed by atoms with Crippen LogP contribution >= 0.6 is 0 Å². The molecule has 1 fully saturated rings. The van der Waals surface area contributed by atoms with Crippen molar-refractivity contribution in [2.45, 2.75) is 18.9 Å². The van der Waals surface area contributed by atoms with Crippen LogP contribution in [0.4, 0.5) is 0 Å². The van der Waals surface area contributed by atoms with Crippen LogP contribution in [-0.4, -0.2) is 48.7 Å². The van der Waals surface area contributed by atoms with E-state index in [0.717, 1.165) is 12.8 Å². The van der Waals surface area contributed by atoms with Crippen molar-refractivity contribution < 1.29 is 9.90 Å². The third-order valence-electron chi connectivity index (χ3n) is 2.05. The lowest BCUT2D eigenvalue weighted by molar-refractivity contribution is -0.129. The zero-order valence-corrected chi connectivity index (χ0v) is 7.42. The molecule has 4 nitrogen and oxygen atoms in total. The Morgan fingerprint density at radius 2 is 2.33 bits per heavy atom. The van der Waals surface area contributed by atoms with Crippen molar-refractivity contribution in [2.24, 2.45) is 0 Å². The van der Waals surface area contributed by atoms with E-state index in [1.807, 2.05) is 7.05 Å². The summed E-state index contributed by atoms with van der Waals surface area (Å²) in [6.07, 6.45) is 2.28. The van der Waals surface area contributed by atoms with E-state index in [1.165, 1.54) is 0 Å². The minimum Gasteiger partial charge on any atom is -0.395 e. The molecule has 0 spiro atoms. The van der Waals surface area contributed by atoms with Crippen LogP contribution in [0.3, 0.4) is 0 Å². The highest BCUT2D eigenvalue weighted by Crippen LogP contribution is 2.24. The van der Waals surface area contributed by atoms with Crippen molar-refractivity contribution in [1.82, 2.24) is 10.2 Å². The lowest BCUT2D eigenvalue weighted by Crippen LogP contribution is -2.37. The second-order valence-corrected chi connectivity index (χ2v) is 3.14. The number of carbonyl (C=O) groups excluding carboxylic acids is 1. The van der Waals surface area contributed by atoms with Gasteiger partial charge in [0.05, 0.1) is 13.2 Å². The van der Waals surface area contributed by atoms with Gasteiger partial charge in [0.25, 0.3) is 0 Å². The first-order valence-electron chi connectivity index (χ1n) is 4.33. The number of carbonyl (C=O) groups is 1. The fourth-order valence-electron chi connectivity index (χ4n) is 1.06. The maximum Gasteiger partial charge on any atom is 0.236 e. The van der Waals surface area contributed by atoms with Crippen molar-refractivity contribution in [3.63, 3.8) is 0 Å². The lowest BCUT2D eigenvalue weighted by Gasteiger charge is -2.15. The van der Waals surface area contributed by atoms with Gasteiger partial charge in [0.1, 0.15) is 0 Å². The summed E-state index contributed by atoms with van der Waals surface area (Å²) >= 11 is 0. The highest BCUT2D eigenvalue weighted by molar-refractivity contribution is 5.78. The Hall–Kier alpha value is -0.610. The molecule has 0 unspecified atom stereocenters. The number of hydrogen-bond donors (Lipinski definition) is 2. The van der Waals surface area contributed by atoms with Crippen LogP contribution in [0, 0.1) is 0 Å². The summed E-state index contributed by atoms with van der Waals surface area (Å²) in [5.41, 5.74) is 0. The van der Waals surface area contributed by atoms with Crippen molar-refractivity contribution in [3.05, 3.63) is 0 Å². The minimum absolute atomic E-state index is 0.0838. The highest BCUT2D eigenvalue weighted by Gasteiger charge is 2.28. The number of likely N-dealkylation sites (N-methyl/N-ethyl adjacent to an activating group) is 1. The molecule has 1 amide bonds. The molecule has 1 rings (SSSR count). The summed E-state index contributed by atoms with van der Waals surface area (Å²) in [4.78, 5) is 13.1. The Morgan fingerprint density at radius 1 is 1.67 bits per heavy atom. The first kappa shape index (κ1) is 9.48. The molecule has 0 aromatic carbocycles. The van der Waals surface area contributed by atoms with Crippen LogP contribution < -0.4 is 5.32 Å². The summed E-state index contributed by atoms with van der Waals surface area (Å²) in [5, 5.41) is 11.3. The topological polar surface area (TPSA) is 52.6 Å². The molecule has 0 heterocycles. The van der Waals surface area contributed by atoms with E-state index >= 15 is 0 Å². The van der Waals surface area contributed by atoms with E-state index in [0.29, 0.717) is 19.1 Å². The van der Waals surface area contributed by atoms with Gasteiger partial charge in [-0.1, -0.05) is 0 Å². The summed E-state index contributed by atoms with van der Waals surface area (Å²) in [7, 11) is 1.83. The molecule has 4 heteroatoms. The number of aliphatic hydroxyl groups is 1. The maximum atomic E-state index is 11.3. The molecule has 0 aliphatic heterocycles. The van der Waals surface area contributed by atoms with Crippen LogP contribution in [0.15, 0.2) is 0 Å². The standard InChI is InChI=1S/C8H16N2O2/c1-10(7-2-3-7)8(12)6-9-4-5-11/h7,9,11H,2-6H2,1H3. The average Bonchev–Trinajstić information content (AvgIpc) is 2.86. The van der Waals surface area contributed by atoms with Crippen LogP contribution in [-0.2, 0) is 4.79 Å². The zero-order valence-electron chi connectivity index (χ0n) is 7.42. The highest BCUT2D eigenvalue weighted by atomic mass is 16.3. The van der Waals surface area contributed by atoms with Crippen LogP contribution in [0.1, 0.15) is 12.8 Å². The largest absolute Gasteiger partial charge is 0.395 e. The fraction of sp³-hybridized carbons (Fsp3) is 0.875. The predicted molar refractivity (Wildman–Crippen MR) is 45.7 cm³/mol. The molecule has 12 heavy (non-hydrogen) atoms. The van der Waals surface area contributed by atoms with Gasteiger partial charge in [0, 0.05) is 19.6 Å². The predicted octanol–water partition coefficient (Wildman–Crippen LogP) is -0.811. The van der Waals surface area contributed by atoms with Gasteiger partial charge in [-0.15, -0.1) is 0 Å². The second kappa shape index (κ2) is 4.42. The Bertz CT molecular complexity index is 157. The fourth-order valence-corrected chi connectivity index (χ4v) is 1.06. The Balaban J connectivity index is 2.09. The van der Waals surface area contributed by atoms with E-state index in [2.05, 4.69) is 5.32 Å². The third kappa shape index (κ3) is 2.79. The van der Waals surface area contributed by atoms with Gasteiger partial charge in [-0.05, 0) is 12.8 Å². The lowest BCUT2D eigenvalue weighted by atomic mass is 10.4. The average molecular weight is 172 g/mol. The second-order valence-electron chi connectivity index (χ2n) is 3.14. The first-order valence-corrected chi connectivity index (χ1v) is 4.33. The monoisotopic (exact) mass is 172 g/mol. The van der Waals surface area contributed by atoms with E-state index in [4.69, 9.17) is 5.11 Å². The van der Waals surface area contributed by atoms with Crippen molar-refractivity contribution in [2.75, 3.05) is 26.7 Å². The summed E-state index contributed by atoms with van der Waals surface area (Å²) in [6, 6.07) is 0.480. The SMILES string of the molecule is CN(C(=O)CNCCO)C1CC1. The van der Waals surface area contributed by atoms with E-state index in [1.54, 1.807) is 4.90 Å². The summed E-state index contributed by atoms with van der Waals surface area (Å²) in [6.45, 7) is 0.915. The maximum absolute atomic E-state index is 11.3. The Morgan fingerprint density at radius 3 is 2.83 bits per heavy atom. The molecule has 2 N–H and O–H groups in total. The van der Waals surface area contributed by atoms with Crippen molar-refractivity contribution >= 4 is 5.91 Å². The number of hydrogen-bond acceptors (Lipinski definition) is 3. The first-order chi connectivity index (χ1) is 5.75. The molecule has 1 saturated carbocycles. The molecular weight excluding hydrogens is 156 g/mol. The number of rotatable bonds is 5. The Labute approximate surface area is 72.6 Å². The van der Waals surface area contributed by atoms with E-state index in [-0.39, 0.29) is 12.5 Å². The quantitative estimate of drug-likeness (QED) is 0.533. The summed E-state index contributed by atoms with van der Waals surface area (Å²) in [5.74, 6) is 0.117. The van der Waals surface area contributed by atoms with Crippen LogP contribution in [0.2, 0.25) is 0 Å². The van der Waals surface area contributed by atoms with Crippen molar-refractivity contribution in [1.29, 1.82) is 0 Å². The normalized spacial score (nSPS) is 16.2. The van der Waals surface area contributed by atoms with Gasteiger partial charge >= 0.3 is 0 Å². The molecule has 0 radical (unpaired) electrons. The molecule has 0 aromatic heterocycles. The van der Waals surface area contributed by atoms with Crippen LogP contribution in [0.25, 0.3) is 0 Å². The molecule has 0 bridgehead atoms. The van der Waals surface area contributed by atoms with Gasteiger partial charge < -0.3 is 15.3 Å². The number of nitrogens with zero attached hydrogens (tertiary/aromatic N) is 1.